The number of benzene rings is 1. The van der Waals surface area contributed by atoms with E-state index in [1.54, 1.807) is 35.1 Å². The normalized spacial score (nSPS) is 22.2. The lowest BCUT2D eigenvalue weighted by molar-refractivity contribution is 0.00625. The highest BCUT2D eigenvalue weighted by molar-refractivity contribution is 6.30. The fourth-order valence-corrected chi connectivity index (χ4v) is 4.39. The molecule has 1 saturated carbocycles. The Labute approximate surface area is 188 Å². The van der Waals surface area contributed by atoms with Crippen molar-refractivity contribution in [1.82, 2.24) is 20.3 Å². The fourth-order valence-electron chi connectivity index (χ4n) is 4.27. The van der Waals surface area contributed by atoms with E-state index in [9.17, 15) is 9.59 Å². The van der Waals surface area contributed by atoms with E-state index in [1.165, 1.54) is 0 Å². The van der Waals surface area contributed by atoms with Gasteiger partial charge in [0.15, 0.2) is 5.69 Å². The molecule has 1 amide bonds. The molecule has 1 aliphatic carbocycles. The van der Waals surface area contributed by atoms with Gasteiger partial charge in [0.2, 0.25) is 0 Å². The number of nitrogens with one attached hydrogen (secondary N) is 1. The van der Waals surface area contributed by atoms with Crippen LogP contribution in [0.3, 0.4) is 0 Å². The Morgan fingerprint density at radius 3 is 2.55 bits per heavy atom. The number of rotatable bonds is 6. The first-order valence-corrected chi connectivity index (χ1v) is 11.2. The van der Waals surface area contributed by atoms with Crippen LogP contribution in [0.1, 0.15) is 80.8 Å². The van der Waals surface area contributed by atoms with E-state index >= 15 is 0 Å². The van der Waals surface area contributed by atoms with E-state index in [2.05, 4.69) is 29.5 Å². The quantitative estimate of drug-likeness (QED) is 0.651. The molecular weight excluding hydrogens is 416 g/mol. The zero-order valence-corrected chi connectivity index (χ0v) is 19.5. The summed E-state index contributed by atoms with van der Waals surface area (Å²) < 4.78 is 7.15. The van der Waals surface area contributed by atoms with Gasteiger partial charge in [0.05, 0.1) is 12.2 Å². The summed E-state index contributed by atoms with van der Waals surface area (Å²) in [7, 11) is 0. The molecule has 1 unspecified atom stereocenters. The molecule has 2 aromatic rings. The third-order valence-corrected chi connectivity index (χ3v) is 6.04. The van der Waals surface area contributed by atoms with Gasteiger partial charge in [0, 0.05) is 16.6 Å². The van der Waals surface area contributed by atoms with Crippen LogP contribution >= 0.6 is 11.6 Å². The van der Waals surface area contributed by atoms with Gasteiger partial charge in [-0.1, -0.05) is 30.7 Å². The number of amides is 1. The van der Waals surface area contributed by atoms with Crippen molar-refractivity contribution < 1.29 is 14.3 Å². The van der Waals surface area contributed by atoms with Gasteiger partial charge < -0.3 is 10.1 Å². The number of carbonyl (C=O) groups is 2. The Morgan fingerprint density at radius 2 is 1.94 bits per heavy atom. The average Bonchev–Trinajstić information content (AvgIpc) is 3.32. The highest BCUT2D eigenvalue weighted by Crippen LogP contribution is 2.41. The number of halogens is 1. The van der Waals surface area contributed by atoms with Gasteiger partial charge >= 0.3 is 5.97 Å². The molecule has 1 aromatic carbocycles. The van der Waals surface area contributed by atoms with E-state index in [-0.39, 0.29) is 23.7 Å². The van der Waals surface area contributed by atoms with E-state index in [1.807, 2.05) is 20.8 Å². The van der Waals surface area contributed by atoms with Crippen molar-refractivity contribution in [2.45, 2.75) is 71.6 Å². The standard InChI is InChI=1S/C23H31ClN4O3/c1-6-19(25-21(29)15-7-9-16(24)10-8-15)18-12-17(11-14(18)2)28-13-20(26-27-28)22(30)31-23(3,4)5/h7-10,13-14,17-19H,6,11-12H2,1-5H3,(H,25,29)/t14-,17+,18+,19?/m0/s1. The van der Waals surface area contributed by atoms with Crippen molar-refractivity contribution in [2.75, 3.05) is 0 Å². The molecule has 1 N–H and O–H groups in total. The highest BCUT2D eigenvalue weighted by Gasteiger charge is 2.38. The third kappa shape index (κ3) is 5.85. The first-order chi connectivity index (χ1) is 14.6. The van der Waals surface area contributed by atoms with Crippen LogP contribution in [-0.2, 0) is 4.74 Å². The maximum atomic E-state index is 12.7. The molecule has 0 aliphatic heterocycles. The zero-order valence-electron chi connectivity index (χ0n) is 18.8. The van der Waals surface area contributed by atoms with Crippen LogP contribution in [0, 0.1) is 11.8 Å². The summed E-state index contributed by atoms with van der Waals surface area (Å²) in [6.45, 7) is 9.75. The minimum absolute atomic E-state index is 0.0528. The van der Waals surface area contributed by atoms with E-state index in [4.69, 9.17) is 16.3 Å². The van der Waals surface area contributed by atoms with Crippen LogP contribution in [0.4, 0.5) is 0 Å². The smallest absolute Gasteiger partial charge is 0.361 e. The summed E-state index contributed by atoms with van der Waals surface area (Å²) in [5.41, 5.74) is 0.238. The number of esters is 1. The Hall–Kier alpha value is -2.41. The van der Waals surface area contributed by atoms with Gasteiger partial charge in [0.25, 0.3) is 5.91 Å². The minimum Gasteiger partial charge on any atom is -0.455 e. The summed E-state index contributed by atoms with van der Waals surface area (Å²) >= 11 is 5.93. The van der Waals surface area contributed by atoms with Gasteiger partial charge in [0.1, 0.15) is 5.60 Å². The molecule has 0 bridgehead atoms. The Bertz CT molecular complexity index is 920. The third-order valence-electron chi connectivity index (χ3n) is 5.79. The molecule has 1 aromatic heterocycles. The molecule has 7 nitrogen and oxygen atoms in total. The molecule has 31 heavy (non-hydrogen) atoms. The molecule has 1 fully saturated rings. The lowest BCUT2D eigenvalue weighted by Gasteiger charge is -2.27. The van der Waals surface area contributed by atoms with Gasteiger partial charge in [-0.25, -0.2) is 9.48 Å². The summed E-state index contributed by atoms with van der Waals surface area (Å²) in [6, 6.07) is 7.09. The summed E-state index contributed by atoms with van der Waals surface area (Å²) in [6.07, 6.45) is 4.27. The van der Waals surface area contributed by atoms with Crippen molar-refractivity contribution in [3.63, 3.8) is 0 Å². The monoisotopic (exact) mass is 446 g/mol. The molecular formula is C23H31ClN4O3. The molecule has 8 heteroatoms. The Balaban J connectivity index is 1.66. The Morgan fingerprint density at radius 1 is 1.26 bits per heavy atom. The van der Waals surface area contributed by atoms with Gasteiger partial charge in [-0.05, 0) is 76.1 Å². The SMILES string of the molecule is CCC(NC(=O)c1ccc(Cl)cc1)[C@@H]1C[C@H](n2cc(C(=O)OC(C)(C)C)nn2)C[C@@H]1C. The van der Waals surface area contributed by atoms with Crippen LogP contribution in [0.2, 0.25) is 5.02 Å². The van der Waals surface area contributed by atoms with Crippen LogP contribution in [0.25, 0.3) is 0 Å². The van der Waals surface area contributed by atoms with Crippen LogP contribution in [0.5, 0.6) is 0 Å². The lowest BCUT2D eigenvalue weighted by atomic mass is 9.88. The number of aromatic nitrogens is 3. The predicted octanol–water partition coefficient (Wildman–Crippen LogP) is 4.68. The molecule has 0 radical (unpaired) electrons. The van der Waals surface area contributed by atoms with Crippen molar-refractivity contribution in [3.05, 3.63) is 46.7 Å². The van der Waals surface area contributed by atoms with Crippen molar-refractivity contribution in [1.29, 1.82) is 0 Å². The summed E-state index contributed by atoms with van der Waals surface area (Å²) in [5.74, 6) is 0.144. The zero-order chi connectivity index (χ0) is 22.8. The fraction of sp³-hybridized carbons (Fsp3) is 0.565. The van der Waals surface area contributed by atoms with Crippen molar-refractivity contribution >= 4 is 23.5 Å². The second-order valence-corrected chi connectivity index (χ2v) is 9.78. The Kier molecular flexibility index (Phi) is 7.04. The second kappa shape index (κ2) is 9.39. The van der Waals surface area contributed by atoms with Gasteiger partial charge in [-0.15, -0.1) is 5.10 Å². The number of hydrogen-bond acceptors (Lipinski definition) is 5. The van der Waals surface area contributed by atoms with E-state index in [0.29, 0.717) is 22.4 Å². The van der Waals surface area contributed by atoms with Gasteiger partial charge in [-0.3, -0.25) is 4.79 Å². The second-order valence-electron chi connectivity index (χ2n) is 9.35. The maximum Gasteiger partial charge on any atom is 0.361 e. The van der Waals surface area contributed by atoms with E-state index < -0.39 is 11.6 Å². The van der Waals surface area contributed by atoms with Crippen molar-refractivity contribution in [2.24, 2.45) is 11.8 Å². The van der Waals surface area contributed by atoms with E-state index in [0.717, 1.165) is 19.3 Å². The van der Waals surface area contributed by atoms with Gasteiger partial charge in [-0.2, -0.15) is 0 Å². The van der Waals surface area contributed by atoms with Crippen molar-refractivity contribution in [3.8, 4) is 0 Å². The highest BCUT2D eigenvalue weighted by atomic mass is 35.5. The number of hydrogen-bond donors (Lipinski definition) is 1. The predicted molar refractivity (Wildman–Crippen MR) is 119 cm³/mol. The molecule has 3 rings (SSSR count). The maximum absolute atomic E-state index is 12.7. The minimum atomic E-state index is -0.579. The first kappa shape index (κ1) is 23.3. The first-order valence-electron chi connectivity index (χ1n) is 10.8. The summed E-state index contributed by atoms with van der Waals surface area (Å²) in [4.78, 5) is 25.0. The number of nitrogens with zero attached hydrogens (tertiary/aromatic N) is 3. The molecule has 1 aliphatic rings. The van der Waals surface area contributed by atoms with Crippen LogP contribution < -0.4 is 5.32 Å². The molecule has 168 valence electrons. The molecule has 0 saturated heterocycles. The topological polar surface area (TPSA) is 86.1 Å². The average molecular weight is 447 g/mol. The molecule has 1 heterocycles. The summed E-state index contributed by atoms with van der Waals surface area (Å²) in [5, 5.41) is 12.0. The molecule has 4 atom stereocenters. The van der Waals surface area contributed by atoms with Crippen LogP contribution in [-0.4, -0.2) is 38.5 Å². The number of ether oxygens (including phenoxy) is 1. The molecule has 0 spiro atoms. The lowest BCUT2D eigenvalue weighted by Crippen LogP contribution is -2.41. The largest absolute Gasteiger partial charge is 0.455 e. The number of carbonyl (C=O) groups excluding carboxylic acids is 2. The van der Waals surface area contributed by atoms with Crippen LogP contribution in [0.15, 0.2) is 30.5 Å².